The van der Waals surface area contributed by atoms with E-state index in [9.17, 15) is 0 Å². The van der Waals surface area contributed by atoms with E-state index in [-0.39, 0.29) is 6.15 Å². The average molecular weight is 307 g/mol. The van der Waals surface area contributed by atoms with Crippen molar-refractivity contribution < 1.29 is 8.85 Å². The zero-order valence-electron chi connectivity index (χ0n) is 14.4. The molecule has 0 aromatic carbocycles. The van der Waals surface area contributed by atoms with Crippen LogP contribution in [0.25, 0.3) is 0 Å². The van der Waals surface area contributed by atoms with E-state index in [0.717, 1.165) is 44.6 Å². The normalized spacial score (nSPS) is 13.3. The first-order chi connectivity index (χ1) is 8.99. The SMILES string of the molecule is CCCC(N)CC[Si](CCC(C)C)(OCC)OCC.N. The second kappa shape index (κ2) is 12.8. The van der Waals surface area contributed by atoms with Crippen LogP contribution in [0.3, 0.4) is 0 Å². The molecule has 0 saturated carbocycles. The predicted molar refractivity (Wildman–Crippen MR) is 90.6 cm³/mol. The summed E-state index contributed by atoms with van der Waals surface area (Å²) in [7, 11) is -2.03. The van der Waals surface area contributed by atoms with E-state index >= 15 is 0 Å². The molecular formula is C15H38N2O2Si. The molecule has 1 atom stereocenters. The summed E-state index contributed by atoms with van der Waals surface area (Å²) in [6, 6.07) is 2.45. The van der Waals surface area contributed by atoms with E-state index in [4.69, 9.17) is 14.6 Å². The minimum Gasteiger partial charge on any atom is -0.394 e. The summed E-state index contributed by atoms with van der Waals surface area (Å²) in [6.45, 7) is 12.4. The molecule has 0 aliphatic heterocycles. The summed E-state index contributed by atoms with van der Waals surface area (Å²) >= 11 is 0. The highest BCUT2D eigenvalue weighted by molar-refractivity contribution is 6.67. The molecule has 124 valence electrons. The highest BCUT2D eigenvalue weighted by Crippen LogP contribution is 2.26. The van der Waals surface area contributed by atoms with Crippen LogP contribution >= 0.6 is 0 Å². The van der Waals surface area contributed by atoms with Gasteiger partial charge >= 0.3 is 8.56 Å². The molecule has 5 N–H and O–H groups in total. The molecule has 0 saturated heterocycles. The molecule has 0 fully saturated rings. The molecule has 0 heterocycles. The summed E-state index contributed by atoms with van der Waals surface area (Å²) < 4.78 is 12.2. The molecular weight excluding hydrogens is 268 g/mol. The van der Waals surface area contributed by atoms with Crippen LogP contribution in [0, 0.1) is 5.92 Å². The highest BCUT2D eigenvalue weighted by Gasteiger charge is 2.36. The van der Waals surface area contributed by atoms with Gasteiger partial charge in [0, 0.05) is 19.3 Å². The van der Waals surface area contributed by atoms with Crippen molar-refractivity contribution >= 4 is 8.56 Å². The Kier molecular flexibility index (Phi) is 14.3. The Hall–Kier alpha value is 0.0569. The van der Waals surface area contributed by atoms with Gasteiger partial charge in [-0.1, -0.05) is 27.2 Å². The van der Waals surface area contributed by atoms with Crippen molar-refractivity contribution in [3.05, 3.63) is 0 Å². The second-order valence-corrected chi connectivity index (χ2v) is 9.20. The van der Waals surface area contributed by atoms with Crippen molar-refractivity contribution in [3.63, 3.8) is 0 Å². The van der Waals surface area contributed by atoms with Crippen molar-refractivity contribution in [1.82, 2.24) is 6.15 Å². The lowest BCUT2D eigenvalue weighted by Crippen LogP contribution is -2.43. The smallest absolute Gasteiger partial charge is 0.338 e. The van der Waals surface area contributed by atoms with Gasteiger partial charge in [0.15, 0.2) is 0 Å². The number of nitrogens with two attached hydrogens (primary N) is 1. The fourth-order valence-electron chi connectivity index (χ4n) is 2.41. The maximum atomic E-state index is 6.15. The van der Waals surface area contributed by atoms with E-state index in [2.05, 4.69) is 34.6 Å². The highest BCUT2D eigenvalue weighted by atomic mass is 28.4. The van der Waals surface area contributed by atoms with Crippen LogP contribution in [0.2, 0.25) is 12.1 Å². The maximum absolute atomic E-state index is 6.15. The topological polar surface area (TPSA) is 79.5 Å². The van der Waals surface area contributed by atoms with Gasteiger partial charge in [-0.3, -0.25) is 0 Å². The zero-order valence-corrected chi connectivity index (χ0v) is 15.4. The lowest BCUT2D eigenvalue weighted by Gasteiger charge is -2.31. The third-order valence-corrected chi connectivity index (χ3v) is 7.20. The van der Waals surface area contributed by atoms with Gasteiger partial charge in [-0.25, -0.2) is 0 Å². The molecule has 0 aromatic heterocycles. The molecule has 1 unspecified atom stereocenters. The summed E-state index contributed by atoms with van der Waals surface area (Å²) in [6.07, 6.45) is 4.49. The van der Waals surface area contributed by atoms with Crippen LogP contribution in [-0.2, 0) is 8.85 Å². The summed E-state index contributed by atoms with van der Waals surface area (Å²) in [4.78, 5) is 0. The Balaban J connectivity index is 0. The van der Waals surface area contributed by atoms with Crippen LogP contribution in [-0.4, -0.2) is 27.8 Å². The molecule has 0 bridgehead atoms. The Labute approximate surface area is 127 Å². The van der Waals surface area contributed by atoms with Crippen LogP contribution in [0.1, 0.15) is 60.3 Å². The van der Waals surface area contributed by atoms with Crippen molar-refractivity contribution in [3.8, 4) is 0 Å². The third-order valence-electron chi connectivity index (χ3n) is 3.47. The number of rotatable bonds is 12. The molecule has 0 aromatic rings. The Morgan fingerprint density at radius 2 is 1.40 bits per heavy atom. The molecule has 0 aliphatic carbocycles. The standard InChI is InChI=1S/C15H35NO2Si.H3N/c1-6-9-15(16)11-13-19(17-7-2,18-8-3)12-10-14(4)5;/h14-15H,6-13,16H2,1-5H3;1H3. The second-order valence-electron chi connectivity index (χ2n) is 5.80. The van der Waals surface area contributed by atoms with Crippen molar-refractivity contribution in [2.24, 2.45) is 11.7 Å². The first-order valence-electron chi connectivity index (χ1n) is 8.03. The first kappa shape index (κ1) is 22.3. The first-order valence-corrected chi connectivity index (χ1v) is 10.3. The summed E-state index contributed by atoms with van der Waals surface area (Å²) in [5.74, 6) is 0.706. The van der Waals surface area contributed by atoms with E-state index in [0.29, 0.717) is 12.0 Å². The Bertz CT molecular complexity index is 210. The van der Waals surface area contributed by atoms with Gasteiger partial charge in [0.1, 0.15) is 0 Å². The molecule has 20 heavy (non-hydrogen) atoms. The fraction of sp³-hybridized carbons (Fsp3) is 1.00. The van der Waals surface area contributed by atoms with Gasteiger partial charge < -0.3 is 20.7 Å². The molecule has 0 radical (unpaired) electrons. The molecule has 0 spiro atoms. The monoisotopic (exact) mass is 306 g/mol. The van der Waals surface area contributed by atoms with Gasteiger partial charge in [0.2, 0.25) is 0 Å². The van der Waals surface area contributed by atoms with Crippen LogP contribution in [0.4, 0.5) is 0 Å². The van der Waals surface area contributed by atoms with E-state index in [1.165, 1.54) is 6.42 Å². The zero-order chi connectivity index (χ0) is 14.7. The average Bonchev–Trinajstić information content (AvgIpc) is 2.35. The predicted octanol–water partition coefficient (Wildman–Crippen LogP) is 4.23. The van der Waals surface area contributed by atoms with Gasteiger partial charge in [-0.15, -0.1) is 0 Å². The fourth-order valence-corrected chi connectivity index (χ4v) is 6.20. The van der Waals surface area contributed by atoms with Crippen LogP contribution in [0.5, 0.6) is 0 Å². The minimum atomic E-state index is -2.03. The van der Waals surface area contributed by atoms with E-state index in [1.54, 1.807) is 0 Å². The lowest BCUT2D eigenvalue weighted by molar-refractivity contribution is 0.178. The van der Waals surface area contributed by atoms with Gasteiger partial charge in [0.25, 0.3) is 0 Å². The number of hydrogen-bond acceptors (Lipinski definition) is 4. The van der Waals surface area contributed by atoms with Crippen molar-refractivity contribution in [2.75, 3.05) is 13.2 Å². The lowest BCUT2D eigenvalue weighted by atomic mass is 10.1. The Morgan fingerprint density at radius 3 is 1.80 bits per heavy atom. The van der Waals surface area contributed by atoms with Crippen LogP contribution < -0.4 is 11.9 Å². The Morgan fingerprint density at radius 1 is 0.900 bits per heavy atom. The van der Waals surface area contributed by atoms with Crippen LogP contribution in [0.15, 0.2) is 0 Å². The molecule has 0 rings (SSSR count). The van der Waals surface area contributed by atoms with Gasteiger partial charge in [-0.2, -0.15) is 0 Å². The minimum absolute atomic E-state index is 0. The van der Waals surface area contributed by atoms with E-state index < -0.39 is 8.56 Å². The van der Waals surface area contributed by atoms with Gasteiger partial charge in [0.05, 0.1) is 0 Å². The maximum Gasteiger partial charge on any atom is 0.338 e. The number of hydrogen-bond donors (Lipinski definition) is 2. The van der Waals surface area contributed by atoms with Gasteiger partial charge in [-0.05, 0) is 51.1 Å². The van der Waals surface area contributed by atoms with Crippen molar-refractivity contribution in [1.29, 1.82) is 0 Å². The molecule has 5 heteroatoms. The summed E-state index contributed by atoms with van der Waals surface area (Å²) in [5, 5.41) is 0. The quantitative estimate of drug-likeness (QED) is 0.529. The van der Waals surface area contributed by atoms with Crippen molar-refractivity contribution in [2.45, 2.75) is 78.4 Å². The third kappa shape index (κ3) is 9.88. The largest absolute Gasteiger partial charge is 0.394 e. The molecule has 0 amide bonds. The molecule has 4 nitrogen and oxygen atoms in total. The summed E-state index contributed by atoms with van der Waals surface area (Å²) in [5.41, 5.74) is 6.15. The van der Waals surface area contributed by atoms with E-state index in [1.807, 2.05) is 0 Å². The molecule has 0 aliphatic rings.